The van der Waals surface area contributed by atoms with Gasteiger partial charge in [0.05, 0.1) is 0 Å². The fraction of sp³-hybridized carbons (Fsp3) is 0.333. The van der Waals surface area contributed by atoms with Crippen LogP contribution in [0.4, 0.5) is 4.39 Å². The Hall–Kier alpha value is -1.71. The number of rotatable bonds is 5. The molecule has 2 aromatic rings. The molecule has 2 aromatic carbocycles. The smallest absolute Gasteiger partial charge is 0.123 e. The molecule has 0 amide bonds. The highest BCUT2D eigenvalue weighted by molar-refractivity contribution is 5.31. The first-order chi connectivity index (χ1) is 9.95. The van der Waals surface area contributed by atoms with Crippen LogP contribution in [0.2, 0.25) is 0 Å². The van der Waals surface area contributed by atoms with Crippen molar-refractivity contribution in [2.75, 3.05) is 13.6 Å². The summed E-state index contributed by atoms with van der Waals surface area (Å²) < 4.78 is 12.9. The Morgan fingerprint density at radius 1 is 1.05 bits per heavy atom. The number of likely N-dealkylation sites (N-methyl/N-ethyl adjacent to an activating group) is 1. The SMILES string of the molecule is Cc1ccc(C(N)CN(C)Cc2ccc(F)cc2)cc1C. The van der Waals surface area contributed by atoms with Gasteiger partial charge in [-0.3, -0.25) is 0 Å². The zero-order valence-electron chi connectivity index (χ0n) is 12.9. The standard InChI is InChI=1S/C18H23FN2/c1-13-4-7-16(10-14(13)2)18(20)12-21(3)11-15-5-8-17(19)9-6-15/h4-10,18H,11-12,20H2,1-3H3. The molecule has 2 nitrogen and oxygen atoms in total. The molecule has 0 heterocycles. The van der Waals surface area contributed by atoms with Gasteiger partial charge < -0.3 is 10.6 Å². The fourth-order valence-electron chi connectivity index (χ4n) is 2.40. The summed E-state index contributed by atoms with van der Waals surface area (Å²) in [6.07, 6.45) is 0. The molecule has 0 saturated carbocycles. The zero-order chi connectivity index (χ0) is 15.4. The Morgan fingerprint density at radius 3 is 2.33 bits per heavy atom. The van der Waals surface area contributed by atoms with Crippen LogP contribution in [0.25, 0.3) is 0 Å². The highest BCUT2D eigenvalue weighted by Gasteiger charge is 2.10. The van der Waals surface area contributed by atoms with Gasteiger partial charge in [0.1, 0.15) is 5.82 Å². The average Bonchev–Trinajstić information content (AvgIpc) is 2.44. The van der Waals surface area contributed by atoms with Gasteiger partial charge in [0.2, 0.25) is 0 Å². The van der Waals surface area contributed by atoms with Crippen LogP contribution in [-0.4, -0.2) is 18.5 Å². The second-order valence-electron chi connectivity index (χ2n) is 5.77. The van der Waals surface area contributed by atoms with Gasteiger partial charge in [-0.05, 0) is 55.3 Å². The van der Waals surface area contributed by atoms with E-state index in [9.17, 15) is 4.39 Å². The van der Waals surface area contributed by atoms with Crippen LogP contribution < -0.4 is 5.73 Å². The Bertz CT molecular complexity index is 593. The largest absolute Gasteiger partial charge is 0.323 e. The summed E-state index contributed by atoms with van der Waals surface area (Å²) in [5.74, 6) is -0.201. The van der Waals surface area contributed by atoms with Gasteiger partial charge in [0.25, 0.3) is 0 Å². The topological polar surface area (TPSA) is 29.3 Å². The van der Waals surface area contributed by atoms with Gasteiger partial charge in [0.15, 0.2) is 0 Å². The zero-order valence-corrected chi connectivity index (χ0v) is 12.9. The third-order valence-electron chi connectivity index (χ3n) is 3.83. The lowest BCUT2D eigenvalue weighted by Gasteiger charge is -2.22. The number of hydrogen-bond acceptors (Lipinski definition) is 2. The summed E-state index contributed by atoms with van der Waals surface area (Å²) >= 11 is 0. The molecule has 2 N–H and O–H groups in total. The summed E-state index contributed by atoms with van der Waals surface area (Å²) in [5.41, 5.74) is 11.1. The van der Waals surface area contributed by atoms with E-state index in [0.717, 1.165) is 24.2 Å². The maximum absolute atomic E-state index is 12.9. The molecule has 0 aliphatic carbocycles. The predicted octanol–water partition coefficient (Wildman–Crippen LogP) is 3.57. The summed E-state index contributed by atoms with van der Waals surface area (Å²) in [5, 5.41) is 0. The molecule has 0 aliphatic heterocycles. The molecule has 3 heteroatoms. The van der Waals surface area contributed by atoms with E-state index in [1.807, 2.05) is 19.2 Å². The molecule has 0 fully saturated rings. The Balaban J connectivity index is 1.96. The van der Waals surface area contributed by atoms with Gasteiger partial charge in [-0.1, -0.05) is 30.3 Å². The fourth-order valence-corrected chi connectivity index (χ4v) is 2.40. The predicted molar refractivity (Wildman–Crippen MR) is 85.6 cm³/mol. The van der Waals surface area contributed by atoms with Gasteiger partial charge in [-0.15, -0.1) is 0 Å². The molecule has 2 rings (SSSR count). The van der Waals surface area contributed by atoms with E-state index in [1.54, 1.807) is 0 Å². The highest BCUT2D eigenvalue weighted by Crippen LogP contribution is 2.17. The van der Waals surface area contributed by atoms with Crippen molar-refractivity contribution in [1.29, 1.82) is 0 Å². The molecule has 0 aliphatic rings. The minimum atomic E-state index is -0.201. The van der Waals surface area contributed by atoms with Gasteiger partial charge >= 0.3 is 0 Å². The van der Waals surface area contributed by atoms with Crippen molar-refractivity contribution in [1.82, 2.24) is 4.90 Å². The summed E-state index contributed by atoms with van der Waals surface area (Å²) in [6.45, 7) is 5.73. The second kappa shape index (κ2) is 6.83. The molecule has 0 radical (unpaired) electrons. The number of halogens is 1. The van der Waals surface area contributed by atoms with Crippen LogP contribution in [-0.2, 0) is 6.54 Å². The average molecular weight is 286 g/mol. The van der Waals surface area contributed by atoms with E-state index in [4.69, 9.17) is 5.73 Å². The highest BCUT2D eigenvalue weighted by atomic mass is 19.1. The summed E-state index contributed by atoms with van der Waals surface area (Å²) in [7, 11) is 2.03. The molecule has 112 valence electrons. The number of hydrogen-bond donors (Lipinski definition) is 1. The Kier molecular flexibility index (Phi) is 5.10. The van der Waals surface area contributed by atoms with Crippen LogP contribution in [0.1, 0.15) is 28.3 Å². The van der Waals surface area contributed by atoms with Gasteiger partial charge in [0, 0.05) is 19.1 Å². The van der Waals surface area contributed by atoms with Crippen LogP contribution in [0.5, 0.6) is 0 Å². The normalized spacial score (nSPS) is 12.7. The molecule has 21 heavy (non-hydrogen) atoms. The van der Waals surface area contributed by atoms with Crippen molar-refractivity contribution in [2.45, 2.75) is 26.4 Å². The minimum absolute atomic E-state index is 0.0188. The molecular weight excluding hydrogens is 263 g/mol. The third kappa shape index (κ3) is 4.38. The summed E-state index contributed by atoms with van der Waals surface area (Å²) in [6, 6.07) is 13.0. The van der Waals surface area contributed by atoms with Crippen molar-refractivity contribution in [2.24, 2.45) is 5.73 Å². The van der Waals surface area contributed by atoms with Crippen molar-refractivity contribution >= 4 is 0 Å². The summed E-state index contributed by atoms with van der Waals surface area (Å²) in [4.78, 5) is 2.16. The lowest BCUT2D eigenvalue weighted by molar-refractivity contribution is 0.305. The molecular formula is C18H23FN2. The van der Waals surface area contributed by atoms with E-state index in [2.05, 4.69) is 36.9 Å². The van der Waals surface area contributed by atoms with E-state index >= 15 is 0 Å². The van der Waals surface area contributed by atoms with E-state index in [-0.39, 0.29) is 11.9 Å². The molecule has 1 unspecified atom stereocenters. The monoisotopic (exact) mass is 286 g/mol. The Labute approximate surface area is 126 Å². The van der Waals surface area contributed by atoms with Crippen LogP contribution in [0.3, 0.4) is 0 Å². The minimum Gasteiger partial charge on any atom is -0.323 e. The van der Waals surface area contributed by atoms with Crippen LogP contribution in [0, 0.1) is 19.7 Å². The molecule has 0 spiro atoms. The maximum Gasteiger partial charge on any atom is 0.123 e. The molecule has 0 bridgehead atoms. The van der Waals surface area contributed by atoms with Gasteiger partial charge in [-0.25, -0.2) is 4.39 Å². The number of nitrogens with zero attached hydrogens (tertiary/aromatic N) is 1. The van der Waals surface area contributed by atoms with Crippen LogP contribution in [0.15, 0.2) is 42.5 Å². The first-order valence-electron chi connectivity index (χ1n) is 7.21. The van der Waals surface area contributed by atoms with Crippen molar-refractivity contribution < 1.29 is 4.39 Å². The van der Waals surface area contributed by atoms with E-state index < -0.39 is 0 Å². The quantitative estimate of drug-likeness (QED) is 0.910. The van der Waals surface area contributed by atoms with E-state index in [0.29, 0.717) is 0 Å². The van der Waals surface area contributed by atoms with E-state index in [1.165, 1.54) is 23.3 Å². The number of benzene rings is 2. The lowest BCUT2D eigenvalue weighted by Crippen LogP contribution is -2.28. The van der Waals surface area contributed by atoms with Crippen molar-refractivity contribution in [3.8, 4) is 0 Å². The third-order valence-corrected chi connectivity index (χ3v) is 3.83. The van der Waals surface area contributed by atoms with Crippen molar-refractivity contribution in [3.63, 3.8) is 0 Å². The molecule has 0 saturated heterocycles. The molecule has 0 aromatic heterocycles. The maximum atomic E-state index is 12.9. The first kappa shape index (κ1) is 15.7. The van der Waals surface area contributed by atoms with Crippen LogP contribution >= 0.6 is 0 Å². The van der Waals surface area contributed by atoms with Crippen molar-refractivity contribution in [3.05, 3.63) is 70.5 Å². The Morgan fingerprint density at radius 2 is 1.71 bits per heavy atom. The molecule has 1 atom stereocenters. The first-order valence-corrected chi connectivity index (χ1v) is 7.21. The number of aryl methyl sites for hydroxylation is 2. The second-order valence-corrected chi connectivity index (χ2v) is 5.77. The number of nitrogens with two attached hydrogens (primary N) is 1. The van der Waals surface area contributed by atoms with Gasteiger partial charge in [-0.2, -0.15) is 0 Å². The lowest BCUT2D eigenvalue weighted by atomic mass is 10.0.